The van der Waals surface area contributed by atoms with E-state index in [4.69, 9.17) is 0 Å². The van der Waals surface area contributed by atoms with Crippen LogP contribution in [0.4, 0.5) is 0 Å². The van der Waals surface area contributed by atoms with Gasteiger partial charge in [0.2, 0.25) is 0 Å². The fourth-order valence-corrected chi connectivity index (χ4v) is 4.70. The van der Waals surface area contributed by atoms with Gasteiger partial charge in [0.1, 0.15) is 5.75 Å². The average Bonchev–Trinajstić information content (AvgIpc) is 2.75. The molecule has 0 heterocycles. The Labute approximate surface area is 185 Å². The second-order valence-corrected chi connectivity index (χ2v) is 9.42. The normalized spacial score (nSPS) is 11.7. The molecule has 0 radical (unpaired) electrons. The van der Waals surface area contributed by atoms with Crippen molar-refractivity contribution in [2.75, 3.05) is 0 Å². The maximum Gasteiger partial charge on any atom is 0.119 e. The minimum absolute atomic E-state index is 0.205. The number of phenolic OH excluding ortho intramolecular Hbond substituents is 1. The topological polar surface area (TPSA) is 20.2 Å². The molecular formula is C29H44O. The van der Waals surface area contributed by atoms with E-state index in [-0.39, 0.29) is 5.41 Å². The lowest BCUT2D eigenvalue weighted by molar-refractivity contribution is 0.449. The van der Waals surface area contributed by atoms with Crippen LogP contribution in [0.1, 0.15) is 114 Å². The van der Waals surface area contributed by atoms with Gasteiger partial charge in [-0.25, -0.2) is 0 Å². The fourth-order valence-electron chi connectivity index (χ4n) is 4.70. The van der Waals surface area contributed by atoms with Crippen molar-refractivity contribution in [3.05, 3.63) is 64.7 Å². The van der Waals surface area contributed by atoms with Crippen molar-refractivity contribution in [3.63, 3.8) is 0 Å². The van der Waals surface area contributed by atoms with Crippen LogP contribution in [0, 0.1) is 0 Å². The smallest absolute Gasteiger partial charge is 0.119 e. The molecule has 0 fully saturated rings. The van der Waals surface area contributed by atoms with Gasteiger partial charge in [0.05, 0.1) is 0 Å². The zero-order chi connectivity index (χ0) is 21.8. The number of hydrogen-bond donors (Lipinski definition) is 1. The van der Waals surface area contributed by atoms with E-state index < -0.39 is 0 Å². The summed E-state index contributed by atoms with van der Waals surface area (Å²) in [6.45, 7) is 9.06. The first kappa shape index (κ1) is 24.5. The second kappa shape index (κ2) is 12.8. The zero-order valence-corrected chi connectivity index (χ0v) is 20.0. The fraction of sp³-hybridized carbons (Fsp3) is 0.586. The first-order valence-corrected chi connectivity index (χ1v) is 12.4. The Balaban J connectivity index is 2.19. The maximum atomic E-state index is 11.0. The van der Waals surface area contributed by atoms with Gasteiger partial charge in [-0.3, -0.25) is 0 Å². The van der Waals surface area contributed by atoms with Crippen molar-refractivity contribution in [2.45, 2.75) is 110 Å². The molecule has 0 amide bonds. The molecule has 1 heteroatoms. The van der Waals surface area contributed by atoms with Crippen LogP contribution >= 0.6 is 0 Å². The van der Waals surface area contributed by atoms with Crippen molar-refractivity contribution >= 4 is 0 Å². The third kappa shape index (κ3) is 6.89. The predicted molar refractivity (Wildman–Crippen MR) is 132 cm³/mol. The highest BCUT2D eigenvalue weighted by Crippen LogP contribution is 2.41. The molecular weight excluding hydrogens is 364 g/mol. The van der Waals surface area contributed by atoms with Crippen molar-refractivity contribution in [1.82, 2.24) is 0 Å². The number of aromatic hydroxyl groups is 1. The van der Waals surface area contributed by atoms with Crippen LogP contribution in [-0.4, -0.2) is 5.11 Å². The van der Waals surface area contributed by atoms with E-state index in [0.29, 0.717) is 5.75 Å². The average molecular weight is 409 g/mol. The summed E-state index contributed by atoms with van der Waals surface area (Å²) in [6.07, 6.45) is 15.3. The van der Waals surface area contributed by atoms with E-state index in [1.165, 1.54) is 80.9 Å². The highest BCUT2D eigenvalue weighted by molar-refractivity contribution is 5.53. The molecule has 2 aromatic rings. The second-order valence-electron chi connectivity index (χ2n) is 9.42. The quantitative estimate of drug-likeness (QED) is 0.310. The van der Waals surface area contributed by atoms with Crippen LogP contribution in [0.5, 0.6) is 5.75 Å². The lowest BCUT2D eigenvalue weighted by Crippen LogP contribution is -2.22. The Kier molecular flexibility index (Phi) is 10.5. The number of unbranched alkanes of at least 4 members (excludes halogenated alkanes) is 8. The van der Waals surface area contributed by atoms with E-state index >= 15 is 0 Å². The van der Waals surface area contributed by atoms with E-state index in [0.717, 1.165) is 18.4 Å². The minimum Gasteiger partial charge on any atom is -0.508 e. The molecule has 0 atom stereocenters. The highest BCUT2D eigenvalue weighted by Gasteiger charge is 2.29. The Hall–Kier alpha value is -1.76. The summed E-state index contributed by atoms with van der Waals surface area (Å²) in [5.41, 5.74) is 5.05. The number of aryl methyl sites for hydroxylation is 1. The monoisotopic (exact) mass is 408 g/mol. The Morgan fingerprint density at radius 1 is 0.667 bits per heavy atom. The van der Waals surface area contributed by atoms with Crippen LogP contribution in [0.25, 0.3) is 0 Å². The molecule has 1 nitrogen and oxygen atoms in total. The standard InChI is InChI=1S/C29H44O/c1-5-7-9-10-11-12-13-17-21-26-24(18-8-6-2)22-23-27(30)28(26)29(3,4)25-19-15-14-16-20-25/h14-16,19-20,22-23,30H,5-13,17-18,21H2,1-4H3. The Morgan fingerprint density at radius 3 is 1.90 bits per heavy atom. The third-order valence-corrected chi connectivity index (χ3v) is 6.59. The van der Waals surface area contributed by atoms with Crippen LogP contribution in [0.3, 0.4) is 0 Å². The van der Waals surface area contributed by atoms with Gasteiger partial charge in [-0.05, 0) is 48.4 Å². The highest BCUT2D eigenvalue weighted by atomic mass is 16.3. The molecule has 0 aromatic heterocycles. The molecule has 2 aromatic carbocycles. The first-order chi connectivity index (χ1) is 14.5. The summed E-state index contributed by atoms with van der Waals surface area (Å²) in [5, 5.41) is 11.0. The molecule has 0 saturated carbocycles. The SMILES string of the molecule is CCCCCCCCCCc1c(CCCC)ccc(O)c1C(C)(C)c1ccccc1. The van der Waals surface area contributed by atoms with Gasteiger partial charge in [-0.1, -0.05) is 115 Å². The predicted octanol–water partition coefficient (Wildman–Crippen LogP) is 8.74. The number of phenols is 1. The molecule has 0 saturated heterocycles. The zero-order valence-electron chi connectivity index (χ0n) is 20.0. The summed E-state index contributed by atoms with van der Waals surface area (Å²) in [7, 11) is 0. The van der Waals surface area contributed by atoms with Gasteiger partial charge < -0.3 is 5.11 Å². The van der Waals surface area contributed by atoms with Crippen LogP contribution in [0.15, 0.2) is 42.5 Å². The van der Waals surface area contributed by atoms with Gasteiger partial charge in [-0.15, -0.1) is 0 Å². The van der Waals surface area contributed by atoms with E-state index in [9.17, 15) is 5.11 Å². The molecule has 0 aliphatic carbocycles. The Bertz CT molecular complexity index is 730. The van der Waals surface area contributed by atoms with Crippen LogP contribution < -0.4 is 0 Å². The van der Waals surface area contributed by atoms with Gasteiger partial charge in [0, 0.05) is 11.0 Å². The summed E-state index contributed by atoms with van der Waals surface area (Å²) >= 11 is 0. The van der Waals surface area contributed by atoms with Gasteiger partial charge in [0.15, 0.2) is 0 Å². The number of benzene rings is 2. The molecule has 30 heavy (non-hydrogen) atoms. The summed E-state index contributed by atoms with van der Waals surface area (Å²) in [6, 6.07) is 14.8. The van der Waals surface area contributed by atoms with Gasteiger partial charge in [-0.2, -0.15) is 0 Å². The van der Waals surface area contributed by atoms with E-state index in [1.54, 1.807) is 0 Å². The Morgan fingerprint density at radius 2 is 1.27 bits per heavy atom. The van der Waals surface area contributed by atoms with Crippen LogP contribution in [-0.2, 0) is 18.3 Å². The third-order valence-electron chi connectivity index (χ3n) is 6.59. The molecule has 2 rings (SSSR count). The van der Waals surface area contributed by atoms with Crippen molar-refractivity contribution in [1.29, 1.82) is 0 Å². The number of hydrogen-bond acceptors (Lipinski definition) is 1. The van der Waals surface area contributed by atoms with E-state index in [1.807, 2.05) is 6.07 Å². The molecule has 0 spiro atoms. The van der Waals surface area contributed by atoms with E-state index in [2.05, 4.69) is 64.1 Å². The molecule has 0 bridgehead atoms. The molecule has 0 unspecified atom stereocenters. The molecule has 0 aliphatic heterocycles. The first-order valence-electron chi connectivity index (χ1n) is 12.4. The summed E-state index contributed by atoms with van der Waals surface area (Å²) < 4.78 is 0. The van der Waals surface area contributed by atoms with Gasteiger partial charge in [0.25, 0.3) is 0 Å². The van der Waals surface area contributed by atoms with Gasteiger partial charge >= 0.3 is 0 Å². The lowest BCUT2D eigenvalue weighted by atomic mass is 9.73. The summed E-state index contributed by atoms with van der Waals surface area (Å²) in [5.74, 6) is 0.457. The maximum absolute atomic E-state index is 11.0. The number of rotatable bonds is 14. The lowest BCUT2D eigenvalue weighted by Gasteiger charge is -2.31. The molecule has 166 valence electrons. The van der Waals surface area contributed by atoms with Crippen molar-refractivity contribution in [2.24, 2.45) is 0 Å². The minimum atomic E-state index is -0.205. The largest absolute Gasteiger partial charge is 0.508 e. The van der Waals surface area contributed by atoms with Crippen molar-refractivity contribution < 1.29 is 5.11 Å². The van der Waals surface area contributed by atoms with Crippen LogP contribution in [0.2, 0.25) is 0 Å². The van der Waals surface area contributed by atoms with Crippen molar-refractivity contribution in [3.8, 4) is 5.75 Å². The summed E-state index contributed by atoms with van der Waals surface area (Å²) in [4.78, 5) is 0. The molecule has 0 aliphatic rings. The molecule has 1 N–H and O–H groups in total.